The number of aliphatic hydroxyl groups excluding tert-OH is 3. The monoisotopic (exact) mass is 792 g/mol. The van der Waals surface area contributed by atoms with Crippen LogP contribution in [-0.4, -0.2) is 15.3 Å². The van der Waals surface area contributed by atoms with Gasteiger partial charge < -0.3 is 24.8 Å². The number of hydrogen-bond donors (Lipinski definition) is 3. The molecule has 0 unspecified atom stereocenters. The number of hydrogen-bond acceptors (Lipinski definition) is 5. The Morgan fingerprint density at radius 1 is 0.540 bits per heavy atom. The topological polar surface area (TPSA) is 79.2 Å². The van der Waals surface area contributed by atoms with Gasteiger partial charge in [-0.05, 0) is 141 Å². The van der Waals surface area contributed by atoms with Crippen molar-refractivity contribution < 1.29 is 24.8 Å². The molecule has 0 saturated carbocycles. The second-order valence-electron chi connectivity index (χ2n) is 12.3. The molecule has 50 heavy (non-hydrogen) atoms. The molecule has 0 aliphatic heterocycles. The van der Waals surface area contributed by atoms with E-state index >= 15 is 0 Å². The van der Waals surface area contributed by atoms with Gasteiger partial charge in [-0.3, -0.25) is 0 Å². The Hall–Kier alpha value is -4.24. The van der Waals surface area contributed by atoms with E-state index in [4.69, 9.17) is 9.47 Å². The Morgan fingerprint density at radius 3 is 1.38 bits per heavy atom. The van der Waals surface area contributed by atoms with Crippen LogP contribution in [-0.2, 0) is 26.4 Å². The lowest BCUT2D eigenvalue weighted by Crippen LogP contribution is -2.09. The number of rotatable bonds is 12. The summed E-state index contributed by atoms with van der Waals surface area (Å²) in [4.78, 5) is 0. The van der Waals surface area contributed by atoms with Gasteiger partial charge in [-0.25, -0.2) is 0 Å². The highest BCUT2D eigenvalue weighted by Gasteiger charge is 2.19. The maximum atomic E-state index is 11.5. The first-order valence-electron chi connectivity index (χ1n) is 16.3. The molecular formula is C43H38Br2O5. The minimum atomic E-state index is -1.04. The molecule has 7 heteroatoms. The van der Waals surface area contributed by atoms with Gasteiger partial charge >= 0.3 is 0 Å². The fourth-order valence-corrected chi connectivity index (χ4v) is 7.17. The standard InChI is InChI=1S/C43H38Br2O5/c1-27-17-35(44)11-15-39(27)31-5-3-7-37(21-31)49-25-29-9-13-41(33(19-29)23-46)43(48)42-14-10-30(20-34(42)24-47)26-50-38-8-4-6-32(22-38)40-16-12-36(45)18-28(40)2/h3-22,43,46-48H,23-26H2,1-2H3. The molecule has 6 aromatic rings. The molecule has 6 aromatic carbocycles. The van der Waals surface area contributed by atoms with E-state index in [0.29, 0.717) is 35.5 Å². The average Bonchev–Trinajstić information content (AvgIpc) is 3.13. The number of aliphatic hydroxyl groups is 3. The number of ether oxygens (including phenoxy) is 2. The van der Waals surface area contributed by atoms with Crippen molar-refractivity contribution in [3.8, 4) is 33.8 Å². The highest BCUT2D eigenvalue weighted by atomic mass is 79.9. The molecule has 3 N–H and O–H groups in total. The fraction of sp³-hybridized carbons (Fsp3) is 0.163. The molecular weight excluding hydrogens is 756 g/mol. The summed E-state index contributed by atoms with van der Waals surface area (Å²) >= 11 is 7.06. The molecule has 0 saturated heterocycles. The third kappa shape index (κ3) is 8.37. The quantitative estimate of drug-likeness (QED) is 0.115. The molecule has 0 spiro atoms. The number of benzene rings is 6. The first kappa shape index (κ1) is 35.6. The smallest absolute Gasteiger partial charge is 0.120 e. The lowest BCUT2D eigenvalue weighted by molar-refractivity contribution is 0.206. The van der Waals surface area contributed by atoms with Crippen LogP contribution in [0.5, 0.6) is 11.5 Å². The van der Waals surface area contributed by atoms with Gasteiger partial charge in [-0.1, -0.05) is 92.5 Å². The Kier molecular flexibility index (Phi) is 11.5. The van der Waals surface area contributed by atoms with Crippen LogP contribution < -0.4 is 9.47 Å². The van der Waals surface area contributed by atoms with Gasteiger partial charge in [-0.2, -0.15) is 0 Å². The van der Waals surface area contributed by atoms with Crippen molar-refractivity contribution in [2.24, 2.45) is 0 Å². The van der Waals surface area contributed by atoms with Crippen LogP contribution in [0.25, 0.3) is 22.3 Å². The second-order valence-corrected chi connectivity index (χ2v) is 14.2. The summed E-state index contributed by atoms with van der Waals surface area (Å²) < 4.78 is 14.4. The predicted molar refractivity (Wildman–Crippen MR) is 206 cm³/mol. The van der Waals surface area contributed by atoms with E-state index in [-0.39, 0.29) is 13.2 Å². The van der Waals surface area contributed by atoms with Gasteiger partial charge in [0.2, 0.25) is 0 Å². The zero-order chi connectivity index (χ0) is 35.2. The summed E-state index contributed by atoms with van der Waals surface area (Å²) in [5, 5.41) is 32.0. The van der Waals surface area contributed by atoms with E-state index in [0.717, 1.165) is 53.8 Å². The second kappa shape index (κ2) is 16.2. The summed E-state index contributed by atoms with van der Waals surface area (Å²) in [6.45, 7) is 4.26. The Balaban J connectivity index is 1.13. The van der Waals surface area contributed by atoms with Gasteiger partial charge in [0.25, 0.3) is 0 Å². The van der Waals surface area contributed by atoms with Crippen LogP contribution in [0.1, 0.15) is 50.6 Å². The molecule has 0 aromatic heterocycles. The Morgan fingerprint density at radius 2 is 0.980 bits per heavy atom. The molecule has 0 aliphatic carbocycles. The summed E-state index contributed by atoms with van der Waals surface area (Å²) in [7, 11) is 0. The maximum Gasteiger partial charge on any atom is 0.120 e. The molecule has 0 atom stereocenters. The number of aryl methyl sites for hydroxylation is 2. The van der Waals surface area contributed by atoms with Crippen molar-refractivity contribution in [1.29, 1.82) is 0 Å². The summed E-state index contributed by atoms with van der Waals surface area (Å²) in [5.74, 6) is 1.48. The summed E-state index contributed by atoms with van der Waals surface area (Å²) in [6.07, 6.45) is -1.04. The van der Waals surface area contributed by atoms with Gasteiger partial charge in [0.05, 0.1) is 13.2 Å². The van der Waals surface area contributed by atoms with Crippen LogP contribution in [0.2, 0.25) is 0 Å². The summed E-state index contributed by atoms with van der Waals surface area (Å²) in [6, 6.07) is 39.5. The number of halogens is 2. The van der Waals surface area contributed by atoms with Crippen LogP contribution in [0, 0.1) is 13.8 Å². The lowest BCUT2D eigenvalue weighted by atomic mass is 9.92. The fourth-order valence-electron chi connectivity index (χ4n) is 6.21. The molecule has 5 nitrogen and oxygen atoms in total. The van der Waals surface area contributed by atoms with Gasteiger partial charge in [0.1, 0.15) is 30.8 Å². The molecule has 0 amide bonds. The van der Waals surface area contributed by atoms with E-state index < -0.39 is 6.10 Å². The van der Waals surface area contributed by atoms with Crippen molar-refractivity contribution in [1.82, 2.24) is 0 Å². The largest absolute Gasteiger partial charge is 0.489 e. The van der Waals surface area contributed by atoms with E-state index in [1.807, 2.05) is 84.9 Å². The molecule has 254 valence electrons. The summed E-state index contributed by atoms with van der Waals surface area (Å²) in [5.41, 5.74) is 10.8. The van der Waals surface area contributed by atoms with Crippen LogP contribution in [0.3, 0.4) is 0 Å². The van der Waals surface area contributed by atoms with Crippen molar-refractivity contribution in [3.05, 3.63) is 175 Å². The highest BCUT2D eigenvalue weighted by Crippen LogP contribution is 2.33. The van der Waals surface area contributed by atoms with Gasteiger partial charge in [0, 0.05) is 8.95 Å². The third-order valence-corrected chi connectivity index (χ3v) is 9.81. The molecule has 0 aliphatic rings. The van der Waals surface area contributed by atoms with E-state index in [1.165, 1.54) is 11.1 Å². The SMILES string of the molecule is Cc1cc(Br)ccc1-c1cccc(OCc2ccc(C(O)c3ccc(COc4cccc(-c5ccc(Br)cc5C)c4)cc3CO)c(CO)c2)c1. The average molecular weight is 795 g/mol. The highest BCUT2D eigenvalue weighted by molar-refractivity contribution is 9.10. The predicted octanol–water partition coefficient (Wildman–Crippen LogP) is 10.4. The Labute approximate surface area is 310 Å². The lowest BCUT2D eigenvalue weighted by Gasteiger charge is -2.20. The van der Waals surface area contributed by atoms with E-state index in [1.54, 1.807) is 0 Å². The van der Waals surface area contributed by atoms with Crippen LogP contribution >= 0.6 is 31.9 Å². The van der Waals surface area contributed by atoms with Crippen molar-refractivity contribution in [2.75, 3.05) is 0 Å². The molecule has 6 rings (SSSR count). The van der Waals surface area contributed by atoms with Crippen molar-refractivity contribution in [2.45, 2.75) is 46.4 Å². The first-order valence-corrected chi connectivity index (χ1v) is 17.9. The zero-order valence-electron chi connectivity index (χ0n) is 27.9. The molecule has 0 heterocycles. The van der Waals surface area contributed by atoms with Gasteiger partial charge in [-0.15, -0.1) is 0 Å². The van der Waals surface area contributed by atoms with E-state index in [2.05, 4.69) is 82.1 Å². The minimum Gasteiger partial charge on any atom is -0.489 e. The molecule has 0 fully saturated rings. The third-order valence-electron chi connectivity index (χ3n) is 8.82. The normalized spacial score (nSPS) is 11.2. The van der Waals surface area contributed by atoms with Crippen molar-refractivity contribution >= 4 is 31.9 Å². The van der Waals surface area contributed by atoms with Crippen molar-refractivity contribution in [3.63, 3.8) is 0 Å². The van der Waals surface area contributed by atoms with Crippen LogP contribution in [0.15, 0.2) is 130 Å². The molecule has 0 bridgehead atoms. The minimum absolute atomic E-state index is 0.252. The van der Waals surface area contributed by atoms with Crippen LogP contribution in [0.4, 0.5) is 0 Å². The maximum absolute atomic E-state index is 11.5. The first-order chi connectivity index (χ1) is 24.2. The molecule has 0 radical (unpaired) electrons. The van der Waals surface area contributed by atoms with Gasteiger partial charge in [0.15, 0.2) is 0 Å². The Bertz CT molecular complexity index is 1980. The zero-order valence-corrected chi connectivity index (χ0v) is 31.0. The van der Waals surface area contributed by atoms with E-state index in [9.17, 15) is 15.3 Å².